The molecule has 2 fully saturated rings. The summed E-state index contributed by atoms with van der Waals surface area (Å²) in [7, 11) is 0. The zero-order valence-electron chi connectivity index (χ0n) is 14.1. The van der Waals surface area contributed by atoms with Gasteiger partial charge in [0.2, 0.25) is 11.8 Å². The standard InChI is InChI=1S/C18H32N2O2/c1-2-3-5-12-19-17(21)15-8-10-16(11-9-15)18(22)20-13-6-4-7-14-20/h15-16H,2-14H2,1H3,(H,19,21). The van der Waals surface area contributed by atoms with Crippen LogP contribution in [-0.4, -0.2) is 36.3 Å². The van der Waals surface area contributed by atoms with E-state index in [9.17, 15) is 9.59 Å². The third-order valence-electron chi connectivity index (χ3n) is 5.19. The number of hydrogen-bond donors (Lipinski definition) is 1. The van der Waals surface area contributed by atoms with Crippen LogP contribution in [0.2, 0.25) is 0 Å². The predicted octanol–water partition coefficient (Wildman–Crippen LogP) is 3.11. The molecule has 1 N–H and O–H groups in total. The van der Waals surface area contributed by atoms with Gasteiger partial charge >= 0.3 is 0 Å². The van der Waals surface area contributed by atoms with Crippen molar-refractivity contribution in [3.8, 4) is 0 Å². The summed E-state index contributed by atoms with van der Waals surface area (Å²) >= 11 is 0. The lowest BCUT2D eigenvalue weighted by Gasteiger charge is -2.33. The molecule has 1 saturated carbocycles. The number of amides is 2. The van der Waals surface area contributed by atoms with Crippen molar-refractivity contribution in [1.29, 1.82) is 0 Å². The predicted molar refractivity (Wildman–Crippen MR) is 88.4 cm³/mol. The smallest absolute Gasteiger partial charge is 0.225 e. The molecule has 0 unspecified atom stereocenters. The lowest BCUT2D eigenvalue weighted by molar-refractivity contribution is -0.139. The van der Waals surface area contributed by atoms with E-state index in [-0.39, 0.29) is 17.7 Å². The Morgan fingerprint density at radius 2 is 1.59 bits per heavy atom. The molecule has 4 nitrogen and oxygen atoms in total. The van der Waals surface area contributed by atoms with Gasteiger partial charge in [-0.05, 0) is 51.4 Å². The van der Waals surface area contributed by atoms with Gasteiger partial charge in [0, 0.05) is 31.5 Å². The maximum Gasteiger partial charge on any atom is 0.225 e. The number of piperidine rings is 1. The quantitative estimate of drug-likeness (QED) is 0.767. The molecule has 2 amide bonds. The molecule has 0 aromatic rings. The minimum Gasteiger partial charge on any atom is -0.356 e. The van der Waals surface area contributed by atoms with Crippen molar-refractivity contribution < 1.29 is 9.59 Å². The number of nitrogens with zero attached hydrogens (tertiary/aromatic N) is 1. The number of likely N-dealkylation sites (tertiary alicyclic amines) is 1. The molecule has 0 aromatic carbocycles. The van der Waals surface area contributed by atoms with Gasteiger partial charge in [0.1, 0.15) is 0 Å². The monoisotopic (exact) mass is 308 g/mol. The zero-order chi connectivity index (χ0) is 15.8. The molecule has 0 radical (unpaired) electrons. The van der Waals surface area contributed by atoms with Crippen LogP contribution in [0.3, 0.4) is 0 Å². The fraction of sp³-hybridized carbons (Fsp3) is 0.889. The molecule has 0 spiro atoms. The summed E-state index contributed by atoms with van der Waals surface area (Å²) < 4.78 is 0. The largest absolute Gasteiger partial charge is 0.356 e. The number of carbonyl (C=O) groups is 2. The van der Waals surface area contributed by atoms with E-state index in [0.29, 0.717) is 5.91 Å². The highest BCUT2D eigenvalue weighted by Crippen LogP contribution is 2.30. The second kappa shape index (κ2) is 9.16. The minimum atomic E-state index is 0.132. The third-order valence-corrected chi connectivity index (χ3v) is 5.19. The molecule has 2 rings (SSSR count). The van der Waals surface area contributed by atoms with E-state index in [1.807, 2.05) is 0 Å². The van der Waals surface area contributed by atoms with E-state index in [1.165, 1.54) is 19.3 Å². The van der Waals surface area contributed by atoms with Crippen LogP contribution in [-0.2, 0) is 9.59 Å². The Morgan fingerprint density at radius 3 is 2.23 bits per heavy atom. The summed E-state index contributed by atoms with van der Waals surface area (Å²) in [5.74, 6) is 0.857. The van der Waals surface area contributed by atoms with Crippen molar-refractivity contribution in [2.24, 2.45) is 11.8 Å². The Morgan fingerprint density at radius 1 is 0.955 bits per heavy atom. The molecule has 126 valence electrons. The van der Waals surface area contributed by atoms with E-state index >= 15 is 0 Å². The lowest BCUT2D eigenvalue weighted by Crippen LogP contribution is -2.42. The van der Waals surface area contributed by atoms with E-state index in [4.69, 9.17) is 0 Å². The van der Waals surface area contributed by atoms with E-state index in [0.717, 1.165) is 64.6 Å². The molecule has 0 atom stereocenters. The zero-order valence-corrected chi connectivity index (χ0v) is 14.1. The number of nitrogens with one attached hydrogen (secondary N) is 1. The van der Waals surface area contributed by atoms with Gasteiger partial charge in [-0.2, -0.15) is 0 Å². The first-order valence-corrected chi connectivity index (χ1v) is 9.29. The van der Waals surface area contributed by atoms with Crippen molar-refractivity contribution in [2.75, 3.05) is 19.6 Å². The molecular formula is C18H32N2O2. The van der Waals surface area contributed by atoms with Gasteiger partial charge in [-0.25, -0.2) is 0 Å². The summed E-state index contributed by atoms with van der Waals surface area (Å²) in [6, 6.07) is 0. The van der Waals surface area contributed by atoms with Crippen LogP contribution in [0, 0.1) is 11.8 Å². The third kappa shape index (κ3) is 4.99. The Hall–Kier alpha value is -1.06. The summed E-state index contributed by atoms with van der Waals surface area (Å²) in [6.45, 7) is 4.86. The first-order valence-electron chi connectivity index (χ1n) is 9.29. The van der Waals surface area contributed by atoms with Crippen LogP contribution in [0.1, 0.15) is 71.1 Å². The lowest BCUT2D eigenvalue weighted by atomic mass is 9.80. The fourth-order valence-electron chi connectivity index (χ4n) is 3.71. The Bertz CT molecular complexity index is 356. The molecule has 4 heteroatoms. The minimum absolute atomic E-state index is 0.132. The Labute approximate surface area is 135 Å². The van der Waals surface area contributed by atoms with Crippen LogP contribution >= 0.6 is 0 Å². The molecule has 0 aromatic heterocycles. The van der Waals surface area contributed by atoms with Crippen LogP contribution in [0.4, 0.5) is 0 Å². The summed E-state index contributed by atoms with van der Waals surface area (Å²) in [4.78, 5) is 26.7. The number of unbranched alkanes of at least 4 members (excludes halogenated alkanes) is 2. The number of hydrogen-bond acceptors (Lipinski definition) is 2. The van der Waals surface area contributed by atoms with Crippen molar-refractivity contribution in [3.05, 3.63) is 0 Å². The van der Waals surface area contributed by atoms with Gasteiger partial charge in [-0.1, -0.05) is 19.8 Å². The molecule has 1 heterocycles. The summed E-state index contributed by atoms with van der Waals surface area (Å²) in [5, 5.41) is 3.06. The van der Waals surface area contributed by atoms with Crippen molar-refractivity contribution in [2.45, 2.75) is 71.1 Å². The highest BCUT2D eigenvalue weighted by molar-refractivity contribution is 5.81. The van der Waals surface area contributed by atoms with E-state index in [2.05, 4.69) is 17.1 Å². The van der Waals surface area contributed by atoms with Crippen LogP contribution in [0.5, 0.6) is 0 Å². The summed E-state index contributed by atoms with van der Waals surface area (Å²) in [5.41, 5.74) is 0. The molecule has 0 bridgehead atoms. The normalized spacial score (nSPS) is 25.8. The van der Waals surface area contributed by atoms with Gasteiger partial charge in [0.05, 0.1) is 0 Å². The Kier molecular flexibility index (Phi) is 7.20. The van der Waals surface area contributed by atoms with Crippen molar-refractivity contribution >= 4 is 11.8 Å². The second-order valence-electron chi connectivity index (χ2n) is 6.93. The van der Waals surface area contributed by atoms with E-state index in [1.54, 1.807) is 0 Å². The Balaban J connectivity index is 1.68. The van der Waals surface area contributed by atoms with Crippen molar-refractivity contribution in [1.82, 2.24) is 10.2 Å². The average Bonchev–Trinajstić information content (AvgIpc) is 2.59. The highest BCUT2D eigenvalue weighted by Gasteiger charge is 2.32. The first kappa shape index (κ1) is 17.3. The maximum atomic E-state index is 12.5. The fourth-order valence-corrected chi connectivity index (χ4v) is 3.71. The number of carbonyl (C=O) groups excluding carboxylic acids is 2. The van der Waals surface area contributed by atoms with Crippen LogP contribution in [0.15, 0.2) is 0 Å². The highest BCUT2D eigenvalue weighted by atomic mass is 16.2. The van der Waals surface area contributed by atoms with Crippen LogP contribution < -0.4 is 5.32 Å². The van der Waals surface area contributed by atoms with Crippen molar-refractivity contribution in [3.63, 3.8) is 0 Å². The van der Waals surface area contributed by atoms with E-state index < -0.39 is 0 Å². The average molecular weight is 308 g/mol. The molecule has 1 aliphatic heterocycles. The molecule has 22 heavy (non-hydrogen) atoms. The maximum absolute atomic E-state index is 12.5. The van der Waals surface area contributed by atoms with Gasteiger partial charge < -0.3 is 10.2 Å². The molecular weight excluding hydrogens is 276 g/mol. The topological polar surface area (TPSA) is 49.4 Å². The van der Waals surface area contributed by atoms with Gasteiger partial charge in [-0.15, -0.1) is 0 Å². The number of rotatable bonds is 6. The van der Waals surface area contributed by atoms with Gasteiger partial charge in [0.25, 0.3) is 0 Å². The van der Waals surface area contributed by atoms with Gasteiger partial charge in [-0.3, -0.25) is 9.59 Å². The molecule has 1 saturated heterocycles. The van der Waals surface area contributed by atoms with Gasteiger partial charge in [0.15, 0.2) is 0 Å². The second-order valence-corrected chi connectivity index (χ2v) is 6.93. The summed E-state index contributed by atoms with van der Waals surface area (Å²) in [6.07, 6.45) is 10.5. The SMILES string of the molecule is CCCCCNC(=O)C1CCC(C(=O)N2CCCCC2)CC1. The van der Waals surface area contributed by atoms with Crippen LogP contribution in [0.25, 0.3) is 0 Å². The first-order chi connectivity index (χ1) is 10.7. The molecule has 2 aliphatic rings. The molecule has 1 aliphatic carbocycles.